The number of methoxy groups -OCH3 is 1. The van der Waals surface area contributed by atoms with Gasteiger partial charge in [-0.15, -0.1) is 0 Å². The third kappa shape index (κ3) is 3.52. The Balaban J connectivity index is 1.87. The van der Waals surface area contributed by atoms with E-state index >= 15 is 0 Å². The second kappa shape index (κ2) is 6.63. The highest BCUT2D eigenvalue weighted by Crippen LogP contribution is 2.10. The monoisotopic (exact) mass is 263 g/mol. The Morgan fingerprint density at radius 2 is 2.47 bits per heavy atom. The minimum absolute atomic E-state index is 0.0206. The van der Waals surface area contributed by atoms with Crippen LogP contribution in [0.5, 0.6) is 0 Å². The zero-order valence-electron chi connectivity index (χ0n) is 11.5. The maximum atomic E-state index is 12.0. The molecule has 1 amide bonds. The van der Waals surface area contributed by atoms with Crippen LogP contribution in [0.1, 0.15) is 24.6 Å². The fourth-order valence-electron chi connectivity index (χ4n) is 2.33. The van der Waals surface area contributed by atoms with Gasteiger partial charge < -0.3 is 15.4 Å². The summed E-state index contributed by atoms with van der Waals surface area (Å²) in [5, 5.41) is 6.11. The third-order valence-electron chi connectivity index (χ3n) is 3.54. The van der Waals surface area contributed by atoms with E-state index in [0.29, 0.717) is 6.54 Å². The zero-order valence-corrected chi connectivity index (χ0v) is 11.5. The van der Waals surface area contributed by atoms with Gasteiger partial charge in [0, 0.05) is 19.9 Å². The Bertz CT molecular complexity index is 436. The van der Waals surface area contributed by atoms with Crippen molar-refractivity contribution >= 4 is 5.91 Å². The summed E-state index contributed by atoms with van der Waals surface area (Å²) in [6, 6.07) is 3.81. The molecular formula is C14H21N3O2. The number of ether oxygens (including phenoxy) is 1. The fourth-order valence-corrected chi connectivity index (χ4v) is 2.33. The molecule has 2 unspecified atom stereocenters. The van der Waals surface area contributed by atoms with Crippen LogP contribution in [0.4, 0.5) is 0 Å². The zero-order chi connectivity index (χ0) is 13.7. The average molecular weight is 263 g/mol. The number of hydrogen-bond acceptors (Lipinski definition) is 4. The largest absolute Gasteiger partial charge is 0.380 e. The smallest absolute Gasteiger partial charge is 0.237 e. The van der Waals surface area contributed by atoms with Crippen LogP contribution >= 0.6 is 0 Å². The van der Waals surface area contributed by atoms with Gasteiger partial charge in [0.1, 0.15) is 0 Å². The molecule has 19 heavy (non-hydrogen) atoms. The molecule has 1 aromatic heterocycles. The molecule has 2 rings (SSSR count). The molecule has 0 saturated carbocycles. The summed E-state index contributed by atoms with van der Waals surface area (Å²) in [6.07, 6.45) is 3.55. The summed E-state index contributed by atoms with van der Waals surface area (Å²) in [5.74, 6) is 0.0206. The molecule has 0 bridgehead atoms. The van der Waals surface area contributed by atoms with Crippen molar-refractivity contribution in [1.29, 1.82) is 0 Å². The lowest BCUT2D eigenvalue weighted by atomic mass is 10.1. The highest BCUT2D eigenvalue weighted by atomic mass is 16.5. The van der Waals surface area contributed by atoms with Crippen molar-refractivity contribution in [1.82, 2.24) is 15.6 Å². The average Bonchev–Trinajstić information content (AvgIpc) is 2.94. The van der Waals surface area contributed by atoms with E-state index in [1.54, 1.807) is 13.3 Å². The fraction of sp³-hybridized carbons (Fsp3) is 0.571. The van der Waals surface area contributed by atoms with Gasteiger partial charge in [0.15, 0.2) is 0 Å². The van der Waals surface area contributed by atoms with E-state index in [2.05, 4.69) is 22.5 Å². The summed E-state index contributed by atoms with van der Waals surface area (Å²) in [7, 11) is 1.67. The van der Waals surface area contributed by atoms with Gasteiger partial charge in [0.2, 0.25) is 5.91 Å². The number of carbonyl (C=O) groups excluding carboxylic acids is 1. The third-order valence-corrected chi connectivity index (χ3v) is 3.54. The van der Waals surface area contributed by atoms with E-state index in [9.17, 15) is 4.79 Å². The molecule has 0 radical (unpaired) electrons. The maximum Gasteiger partial charge on any atom is 0.237 e. The maximum absolute atomic E-state index is 12.0. The molecule has 5 heteroatoms. The molecule has 5 nitrogen and oxygen atoms in total. The molecule has 0 aliphatic carbocycles. The summed E-state index contributed by atoms with van der Waals surface area (Å²) in [4.78, 5) is 16.3. The first kappa shape index (κ1) is 14.0. The van der Waals surface area contributed by atoms with Crippen LogP contribution in [0.25, 0.3) is 0 Å². The SMILES string of the molecule is CCc1cccnc1CNC(=O)C1CC(OC)CN1. The number of aryl methyl sites for hydroxylation is 1. The molecule has 2 atom stereocenters. The summed E-state index contributed by atoms with van der Waals surface area (Å²) >= 11 is 0. The van der Waals surface area contributed by atoms with Crippen LogP contribution in [0.2, 0.25) is 0 Å². The van der Waals surface area contributed by atoms with E-state index in [0.717, 1.165) is 25.1 Å². The van der Waals surface area contributed by atoms with Gasteiger partial charge in [0.25, 0.3) is 0 Å². The first-order chi connectivity index (χ1) is 9.24. The highest BCUT2D eigenvalue weighted by Gasteiger charge is 2.29. The minimum Gasteiger partial charge on any atom is -0.380 e. The predicted molar refractivity (Wildman–Crippen MR) is 72.7 cm³/mol. The Hall–Kier alpha value is -1.46. The summed E-state index contributed by atoms with van der Waals surface area (Å²) in [6.45, 7) is 3.31. The number of carbonyl (C=O) groups is 1. The van der Waals surface area contributed by atoms with E-state index in [4.69, 9.17) is 4.74 Å². The van der Waals surface area contributed by atoms with Gasteiger partial charge in [-0.05, 0) is 24.5 Å². The topological polar surface area (TPSA) is 63.2 Å². The molecule has 1 fully saturated rings. The van der Waals surface area contributed by atoms with Crippen molar-refractivity contribution in [3.05, 3.63) is 29.6 Å². The molecule has 0 aromatic carbocycles. The Morgan fingerprint density at radius 1 is 1.63 bits per heavy atom. The van der Waals surface area contributed by atoms with Crippen LogP contribution in [0.15, 0.2) is 18.3 Å². The lowest BCUT2D eigenvalue weighted by Crippen LogP contribution is -2.40. The van der Waals surface area contributed by atoms with Crippen LogP contribution in [0.3, 0.4) is 0 Å². The van der Waals surface area contributed by atoms with Gasteiger partial charge in [-0.3, -0.25) is 9.78 Å². The lowest BCUT2D eigenvalue weighted by Gasteiger charge is -2.12. The Morgan fingerprint density at radius 3 is 3.16 bits per heavy atom. The number of nitrogens with zero attached hydrogens (tertiary/aromatic N) is 1. The normalized spacial score (nSPS) is 22.4. The first-order valence-corrected chi connectivity index (χ1v) is 6.71. The van der Waals surface area contributed by atoms with E-state index < -0.39 is 0 Å². The molecule has 1 aliphatic heterocycles. The molecule has 1 aromatic rings. The second-order valence-electron chi connectivity index (χ2n) is 4.73. The molecule has 2 N–H and O–H groups in total. The summed E-state index contributed by atoms with van der Waals surface area (Å²) < 4.78 is 5.24. The van der Waals surface area contributed by atoms with Crippen LogP contribution in [-0.2, 0) is 22.5 Å². The molecule has 104 valence electrons. The molecule has 0 spiro atoms. The second-order valence-corrected chi connectivity index (χ2v) is 4.73. The van der Waals surface area contributed by atoms with Crippen LogP contribution < -0.4 is 10.6 Å². The summed E-state index contributed by atoms with van der Waals surface area (Å²) in [5.41, 5.74) is 2.12. The van der Waals surface area contributed by atoms with E-state index in [1.807, 2.05) is 12.1 Å². The Labute approximate surface area is 113 Å². The van der Waals surface area contributed by atoms with Crippen molar-refractivity contribution in [2.45, 2.75) is 38.5 Å². The van der Waals surface area contributed by atoms with Crippen molar-refractivity contribution in [2.75, 3.05) is 13.7 Å². The van der Waals surface area contributed by atoms with Gasteiger partial charge >= 0.3 is 0 Å². The molecule has 2 heterocycles. The van der Waals surface area contributed by atoms with Gasteiger partial charge in [-0.25, -0.2) is 0 Å². The highest BCUT2D eigenvalue weighted by molar-refractivity contribution is 5.82. The van der Waals surface area contributed by atoms with Crippen molar-refractivity contribution in [3.63, 3.8) is 0 Å². The number of rotatable bonds is 5. The van der Waals surface area contributed by atoms with Crippen molar-refractivity contribution < 1.29 is 9.53 Å². The van der Waals surface area contributed by atoms with Crippen molar-refractivity contribution in [3.8, 4) is 0 Å². The minimum atomic E-state index is -0.154. The standard InChI is InChI=1S/C14H21N3O2/c1-3-10-5-4-6-15-13(10)9-17-14(18)12-7-11(19-2)8-16-12/h4-6,11-12,16H,3,7-9H2,1-2H3,(H,17,18). The van der Waals surface area contributed by atoms with Gasteiger partial charge in [-0.1, -0.05) is 13.0 Å². The van der Waals surface area contributed by atoms with E-state index in [-0.39, 0.29) is 18.1 Å². The predicted octanol–water partition coefficient (Wildman–Crippen LogP) is 0.637. The van der Waals surface area contributed by atoms with Crippen molar-refractivity contribution in [2.24, 2.45) is 0 Å². The number of aromatic nitrogens is 1. The quantitative estimate of drug-likeness (QED) is 0.818. The molecule has 1 saturated heterocycles. The molecule has 1 aliphatic rings. The van der Waals surface area contributed by atoms with Crippen LogP contribution in [0, 0.1) is 0 Å². The van der Waals surface area contributed by atoms with Gasteiger partial charge in [0.05, 0.1) is 24.4 Å². The molecular weight excluding hydrogens is 242 g/mol. The van der Waals surface area contributed by atoms with E-state index in [1.165, 1.54) is 5.56 Å². The number of nitrogens with one attached hydrogen (secondary N) is 2. The van der Waals surface area contributed by atoms with Crippen LogP contribution in [-0.4, -0.2) is 36.7 Å². The Kier molecular flexibility index (Phi) is 4.87. The lowest BCUT2D eigenvalue weighted by molar-refractivity contribution is -0.123. The number of hydrogen-bond donors (Lipinski definition) is 2. The first-order valence-electron chi connectivity index (χ1n) is 6.71. The number of pyridine rings is 1. The van der Waals surface area contributed by atoms with Gasteiger partial charge in [-0.2, -0.15) is 0 Å². The number of amides is 1.